The van der Waals surface area contributed by atoms with Crippen LogP contribution in [0.5, 0.6) is 11.5 Å². The molecule has 2 rings (SSSR count). The van der Waals surface area contributed by atoms with Gasteiger partial charge in [0.05, 0.1) is 0 Å². The smallest absolute Gasteiger partial charge is 0.422 e. The SMILES string of the molecule is O=C(CCNC(=O)OCC(F)(F)F)Nc1cccc(Oc2ccccc2)c1. The van der Waals surface area contributed by atoms with E-state index in [2.05, 4.69) is 15.4 Å². The van der Waals surface area contributed by atoms with Gasteiger partial charge in [0.1, 0.15) is 11.5 Å². The number of nitrogens with one attached hydrogen (secondary N) is 2. The average molecular weight is 382 g/mol. The van der Waals surface area contributed by atoms with Gasteiger partial charge in [-0.1, -0.05) is 24.3 Å². The summed E-state index contributed by atoms with van der Waals surface area (Å²) in [5, 5.41) is 4.68. The molecule has 0 unspecified atom stereocenters. The highest BCUT2D eigenvalue weighted by Gasteiger charge is 2.29. The number of hydrogen-bond acceptors (Lipinski definition) is 4. The predicted octanol–water partition coefficient (Wildman–Crippen LogP) is 4.10. The van der Waals surface area contributed by atoms with Crippen molar-refractivity contribution in [2.45, 2.75) is 12.6 Å². The molecule has 0 fully saturated rings. The van der Waals surface area contributed by atoms with E-state index in [-0.39, 0.29) is 13.0 Å². The minimum atomic E-state index is -4.60. The number of carbonyl (C=O) groups is 2. The maximum absolute atomic E-state index is 11.9. The van der Waals surface area contributed by atoms with Gasteiger partial charge in [0.25, 0.3) is 0 Å². The molecule has 0 bridgehead atoms. The Bertz CT molecular complexity index is 767. The van der Waals surface area contributed by atoms with Crippen LogP contribution >= 0.6 is 0 Å². The Morgan fingerprint density at radius 1 is 0.963 bits per heavy atom. The molecule has 27 heavy (non-hydrogen) atoms. The van der Waals surface area contributed by atoms with Crippen LogP contribution in [0.15, 0.2) is 54.6 Å². The molecule has 9 heteroatoms. The van der Waals surface area contributed by atoms with Crippen LogP contribution in [0.3, 0.4) is 0 Å². The van der Waals surface area contributed by atoms with Gasteiger partial charge in [0, 0.05) is 24.7 Å². The molecule has 2 aromatic rings. The lowest BCUT2D eigenvalue weighted by molar-refractivity contribution is -0.160. The van der Waals surface area contributed by atoms with Gasteiger partial charge >= 0.3 is 12.3 Å². The highest BCUT2D eigenvalue weighted by atomic mass is 19.4. The molecule has 2 aromatic carbocycles. The lowest BCUT2D eigenvalue weighted by atomic mass is 10.3. The van der Waals surface area contributed by atoms with E-state index in [9.17, 15) is 22.8 Å². The number of carbonyl (C=O) groups excluding carboxylic acids is 2. The summed E-state index contributed by atoms with van der Waals surface area (Å²) in [6, 6.07) is 15.8. The van der Waals surface area contributed by atoms with Gasteiger partial charge in [-0.2, -0.15) is 13.2 Å². The molecule has 0 radical (unpaired) electrons. The highest BCUT2D eigenvalue weighted by molar-refractivity contribution is 5.91. The standard InChI is InChI=1S/C18H17F3N2O4/c19-18(20,21)12-26-17(25)22-10-9-16(24)23-13-5-4-8-15(11-13)27-14-6-2-1-3-7-14/h1-8,11H,9-10,12H2,(H,22,25)(H,23,24). The summed E-state index contributed by atoms with van der Waals surface area (Å²) in [6.45, 7) is -1.85. The summed E-state index contributed by atoms with van der Waals surface area (Å²) < 4.78 is 45.3. The number of rotatable bonds is 7. The first-order valence-corrected chi connectivity index (χ1v) is 7.92. The third-order valence-corrected chi connectivity index (χ3v) is 3.09. The van der Waals surface area contributed by atoms with Crippen molar-refractivity contribution in [1.29, 1.82) is 0 Å². The Balaban J connectivity index is 1.75. The second-order valence-electron chi connectivity index (χ2n) is 5.36. The molecule has 0 saturated carbocycles. The minimum absolute atomic E-state index is 0.134. The van der Waals surface area contributed by atoms with E-state index in [0.717, 1.165) is 0 Å². The number of ether oxygens (including phenoxy) is 2. The van der Waals surface area contributed by atoms with E-state index < -0.39 is 24.8 Å². The second-order valence-corrected chi connectivity index (χ2v) is 5.36. The van der Waals surface area contributed by atoms with Gasteiger partial charge in [0.2, 0.25) is 5.91 Å². The molecule has 0 atom stereocenters. The fraction of sp³-hybridized carbons (Fsp3) is 0.222. The molecule has 0 saturated heterocycles. The molecule has 0 spiro atoms. The Labute approximate surface area is 153 Å². The van der Waals surface area contributed by atoms with Crippen LogP contribution in [-0.4, -0.2) is 31.3 Å². The van der Waals surface area contributed by atoms with Crippen LogP contribution in [0.4, 0.5) is 23.7 Å². The zero-order valence-corrected chi connectivity index (χ0v) is 14.1. The van der Waals surface area contributed by atoms with E-state index in [0.29, 0.717) is 17.2 Å². The Hall–Kier alpha value is -3.23. The van der Waals surface area contributed by atoms with Crippen molar-refractivity contribution in [2.75, 3.05) is 18.5 Å². The minimum Gasteiger partial charge on any atom is -0.457 e. The van der Waals surface area contributed by atoms with Crippen molar-refractivity contribution in [3.63, 3.8) is 0 Å². The summed E-state index contributed by atoms with van der Waals surface area (Å²) >= 11 is 0. The van der Waals surface area contributed by atoms with Gasteiger partial charge in [-0.25, -0.2) is 4.79 Å². The van der Waals surface area contributed by atoms with Crippen molar-refractivity contribution in [3.8, 4) is 11.5 Å². The molecule has 0 aliphatic heterocycles. The maximum atomic E-state index is 11.9. The van der Waals surface area contributed by atoms with Crippen LogP contribution in [0.2, 0.25) is 0 Å². The molecule has 0 heterocycles. The van der Waals surface area contributed by atoms with Crippen LogP contribution < -0.4 is 15.4 Å². The second kappa shape index (κ2) is 9.46. The number of halogens is 3. The summed E-state index contributed by atoms with van der Waals surface area (Å²) in [7, 11) is 0. The molecular weight excluding hydrogens is 365 g/mol. The van der Waals surface area contributed by atoms with Crippen LogP contribution in [0.25, 0.3) is 0 Å². The first-order chi connectivity index (χ1) is 12.8. The fourth-order valence-electron chi connectivity index (χ4n) is 1.96. The van der Waals surface area contributed by atoms with Crippen molar-refractivity contribution >= 4 is 17.7 Å². The molecule has 0 aliphatic rings. The van der Waals surface area contributed by atoms with Crippen LogP contribution in [0.1, 0.15) is 6.42 Å². The fourth-order valence-corrected chi connectivity index (χ4v) is 1.96. The monoisotopic (exact) mass is 382 g/mol. The van der Waals surface area contributed by atoms with Gasteiger partial charge in [0.15, 0.2) is 6.61 Å². The molecular formula is C18H17F3N2O4. The van der Waals surface area contributed by atoms with Crippen molar-refractivity contribution in [2.24, 2.45) is 0 Å². The number of amides is 2. The normalized spacial score (nSPS) is 10.8. The Morgan fingerprint density at radius 3 is 2.37 bits per heavy atom. The summed E-state index contributed by atoms with van der Waals surface area (Å²) in [4.78, 5) is 22.9. The van der Waals surface area contributed by atoms with Crippen molar-refractivity contribution < 1.29 is 32.2 Å². The van der Waals surface area contributed by atoms with Crippen molar-refractivity contribution in [1.82, 2.24) is 5.32 Å². The lowest BCUT2D eigenvalue weighted by Gasteiger charge is -2.10. The molecule has 0 aliphatic carbocycles. The summed E-state index contributed by atoms with van der Waals surface area (Å²) in [5.74, 6) is 0.735. The number of benzene rings is 2. The maximum Gasteiger partial charge on any atom is 0.422 e. The van der Waals surface area contributed by atoms with E-state index in [1.54, 1.807) is 36.4 Å². The first kappa shape index (κ1) is 20.1. The third-order valence-electron chi connectivity index (χ3n) is 3.09. The van der Waals surface area contributed by atoms with E-state index in [1.165, 1.54) is 0 Å². The Kier molecular flexibility index (Phi) is 7.04. The third kappa shape index (κ3) is 8.13. The van der Waals surface area contributed by atoms with Gasteiger partial charge < -0.3 is 20.1 Å². The number of alkyl carbamates (subject to hydrolysis) is 1. The van der Waals surface area contributed by atoms with Gasteiger partial charge in [-0.15, -0.1) is 0 Å². The zero-order chi connectivity index (χ0) is 19.7. The van der Waals surface area contributed by atoms with Crippen LogP contribution in [0, 0.1) is 0 Å². The number of para-hydroxylation sites is 1. The molecule has 6 nitrogen and oxygen atoms in total. The number of anilines is 1. The quantitative estimate of drug-likeness (QED) is 0.756. The lowest BCUT2D eigenvalue weighted by Crippen LogP contribution is -2.31. The molecule has 2 N–H and O–H groups in total. The predicted molar refractivity (Wildman–Crippen MR) is 91.6 cm³/mol. The number of hydrogen-bond donors (Lipinski definition) is 2. The van der Waals surface area contributed by atoms with Crippen molar-refractivity contribution in [3.05, 3.63) is 54.6 Å². The topological polar surface area (TPSA) is 76.7 Å². The van der Waals surface area contributed by atoms with Gasteiger partial charge in [-0.3, -0.25) is 4.79 Å². The van der Waals surface area contributed by atoms with Crippen LogP contribution in [-0.2, 0) is 9.53 Å². The largest absolute Gasteiger partial charge is 0.457 e. The van der Waals surface area contributed by atoms with E-state index in [4.69, 9.17) is 4.74 Å². The highest BCUT2D eigenvalue weighted by Crippen LogP contribution is 2.23. The molecule has 2 amide bonds. The first-order valence-electron chi connectivity index (χ1n) is 7.92. The summed E-state index contributed by atoms with van der Waals surface area (Å²) in [6.07, 6.45) is -5.97. The van der Waals surface area contributed by atoms with E-state index >= 15 is 0 Å². The van der Waals surface area contributed by atoms with E-state index in [1.807, 2.05) is 18.2 Å². The Morgan fingerprint density at radius 2 is 1.67 bits per heavy atom. The summed E-state index contributed by atoms with van der Waals surface area (Å²) in [5.41, 5.74) is 0.480. The average Bonchev–Trinajstić information content (AvgIpc) is 2.60. The number of alkyl halides is 3. The molecule has 144 valence electrons. The molecule has 0 aromatic heterocycles. The van der Waals surface area contributed by atoms with Gasteiger partial charge in [-0.05, 0) is 24.3 Å². The zero-order valence-electron chi connectivity index (χ0n) is 14.1.